The van der Waals surface area contributed by atoms with Crippen LogP contribution in [0.4, 0.5) is 8.78 Å². The van der Waals surface area contributed by atoms with Crippen molar-refractivity contribution in [1.29, 1.82) is 0 Å². The van der Waals surface area contributed by atoms with Gasteiger partial charge in [-0.1, -0.05) is 28.9 Å². The van der Waals surface area contributed by atoms with Crippen molar-refractivity contribution < 1.29 is 27.6 Å². The van der Waals surface area contributed by atoms with Crippen LogP contribution in [0.2, 0.25) is 5.02 Å². The van der Waals surface area contributed by atoms with Gasteiger partial charge < -0.3 is 20.3 Å². The molecular weight excluding hydrogens is 458 g/mol. The highest BCUT2D eigenvalue weighted by Gasteiger charge is 2.42. The molecule has 0 radical (unpaired) electrons. The molecular formula is C22H19ClF2N4O4. The lowest BCUT2D eigenvalue weighted by molar-refractivity contribution is -0.168. The highest BCUT2D eigenvalue weighted by Crippen LogP contribution is 2.36. The number of hydrogen-bond donors (Lipinski definition) is 2. The zero-order valence-corrected chi connectivity index (χ0v) is 18.3. The maximum Gasteiger partial charge on any atom is 0.247 e. The Morgan fingerprint density at radius 3 is 2.58 bits per heavy atom. The number of carbonyl (C=O) groups is 2. The van der Waals surface area contributed by atoms with Crippen LogP contribution in [0.15, 0.2) is 34.9 Å². The van der Waals surface area contributed by atoms with Crippen molar-refractivity contribution >= 4 is 23.4 Å². The van der Waals surface area contributed by atoms with E-state index in [9.17, 15) is 14.0 Å². The van der Waals surface area contributed by atoms with Crippen LogP contribution in [0, 0.1) is 24.5 Å². The third-order valence-electron chi connectivity index (χ3n) is 5.38. The largest absolute Gasteiger partial charge is 0.367 e. The van der Waals surface area contributed by atoms with Gasteiger partial charge in [-0.3, -0.25) is 9.59 Å². The number of carbonyl (C=O) groups excluding carboxylic acids is 2. The molecule has 2 amide bonds. The van der Waals surface area contributed by atoms with E-state index in [0.717, 1.165) is 6.07 Å². The average molecular weight is 477 g/mol. The van der Waals surface area contributed by atoms with E-state index in [0.29, 0.717) is 5.56 Å². The van der Waals surface area contributed by atoms with Gasteiger partial charge in [-0.2, -0.15) is 4.98 Å². The van der Waals surface area contributed by atoms with E-state index < -0.39 is 41.5 Å². The van der Waals surface area contributed by atoms with Crippen LogP contribution >= 0.6 is 11.6 Å². The summed E-state index contributed by atoms with van der Waals surface area (Å²) in [6.07, 6.45) is -0.991. The van der Waals surface area contributed by atoms with Gasteiger partial charge in [0.15, 0.2) is 0 Å². The van der Waals surface area contributed by atoms with Crippen LogP contribution in [-0.2, 0) is 14.3 Å². The Bertz CT molecular complexity index is 1250. The second-order valence-electron chi connectivity index (χ2n) is 7.68. The first kappa shape index (κ1) is 22.8. The molecule has 1 aliphatic heterocycles. The Labute approximate surface area is 192 Å². The first-order valence-corrected chi connectivity index (χ1v) is 10.3. The SMILES string of the molecule is Cc1nc(-c2c(F)cc(Cl)cc2-c2ccc([C@@H](C)NC(=O)C3COC3C(N)=O)c(F)c2)no1. The number of primary amides is 1. The van der Waals surface area contributed by atoms with E-state index in [1.54, 1.807) is 19.9 Å². The molecule has 172 valence electrons. The summed E-state index contributed by atoms with van der Waals surface area (Å²) in [5.74, 6) is -2.98. The fraction of sp³-hybridized carbons (Fsp3) is 0.273. The zero-order valence-electron chi connectivity index (χ0n) is 17.6. The Balaban J connectivity index is 1.62. The summed E-state index contributed by atoms with van der Waals surface area (Å²) in [6.45, 7) is 3.23. The summed E-state index contributed by atoms with van der Waals surface area (Å²) in [4.78, 5) is 27.7. The maximum atomic E-state index is 15.1. The van der Waals surface area contributed by atoms with Gasteiger partial charge in [0.1, 0.15) is 17.7 Å². The molecule has 33 heavy (non-hydrogen) atoms. The monoisotopic (exact) mass is 476 g/mol. The first-order chi connectivity index (χ1) is 15.7. The normalized spacial score (nSPS) is 18.5. The number of hydrogen-bond acceptors (Lipinski definition) is 6. The molecule has 8 nitrogen and oxygen atoms in total. The number of ether oxygens (including phenoxy) is 1. The van der Waals surface area contributed by atoms with Crippen molar-refractivity contribution in [2.75, 3.05) is 6.61 Å². The minimum Gasteiger partial charge on any atom is -0.367 e. The smallest absolute Gasteiger partial charge is 0.247 e. The fourth-order valence-electron chi connectivity index (χ4n) is 3.66. The number of nitrogens with two attached hydrogens (primary N) is 1. The van der Waals surface area contributed by atoms with Crippen molar-refractivity contribution in [2.24, 2.45) is 11.7 Å². The molecule has 3 aromatic rings. The molecule has 4 rings (SSSR count). The molecule has 0 aliphatic carbocycles. The summed E-state index contributed by atoms with van der Waals surface area (Å²) in [6, 6.07) is 6.13. The summed E-state index contributed by atoms with van der Waals surface area (Å²) in [7, 11) is 0. The molecule has 2 aromatic carbocycles. The molecule has 3 atom stereocenters. The van der Waals surface area contributed by atoms with Crippen molar-refractivity contribution in [3.05, 3.63) is 58.4 Å². The van der Waals surface area contributed by atoms with Crippen LogP contribution in [-0.4, -0.2) is 34.7 Å². The molecule has 0 bridgehead atoms. The lowest BCUT2D eigenvalue weighted by Gasteiger charge is -2.34. The van der Waals surface area contributed by atoms with Crippen LogP contribution in [0.5, 0.6) is 0 Å². The molecule has 1 fully saturated rings. The Morgan fingerprint density at radius 2 is 2.00 bits per heavy atom. The van der Waals surface area contributed by atoms with Gasteiger partial charge in [0.2, 0.25) is 23.5 Å². The van der Waals surface area contributed by atoms with Gasteiger partial charge in [-0.25, -0.2) is 8.78 Å². The number of benzene rings is 2. The Kier molecular flexibility index (Phi) is 6.13. The number of nitrogens with zero attached hydrogens (tertiary/aromatic N) is 2. The highest BCUT2D eigenvalue weighted by molar-refractivity contribution is 6.31. The Hall–Kier alpha value is -3.37. The first-order valence-electron chi connectivity index (χ1n) is 9.96. The van der Waals surface area contributed by atoms with Gasteiger partial charge in [0.05, 0.1) is 24.1 Å². The summed E-state index contributed by atoms with van der Waals surface area (Å²) >= 11 is 6.04. The molecule has 3 N–H and O–H groups in total. The molecule has 1 aliphatic rings. The van der Waals surface area contributed by atoms with Crippen LogP contribution in [0.1, 0.15) is 24.4 Å². The second-order valence-corrected chi connectivity index (χ2v) is 8.11. The van der Waals surface area contributed by atoms with Crippen LogP contribution in [0.3, 0.4) is 0 Å². The van der Waals surface area contributed by atoms with Gasteiger partial charge in [-0.05, 0) is 36.2 Å². The number of nitrogens with one attached hydrogen (secondary N) is 1. The quantitative estimate of drug-likeness (QED) is 0.563. The summed E-state index contributed by atoms with van der Waals surface area (Å²) in [5, 5.41) is 6.53. The van der Waals surface area contributed by atoms with Gasteiger partial charge >= 0.3 is 0 Å². The standard InChI is InChI=1S/C22H19ClF2N4O4/c1-9(27-22(31)15-8-32-19(15)20(26)30)13-4-3-11(5-16(13)24)14-6-12(23)7-17(25)18(14)21-28-10(2)33-29-21/h3-7,9,15,19H,8H2,1-2H3,(H2,26,30)(H,27,31)/t9-,15?,19?/m1/s1. The number of aromatic nitrogens is 2. The molecule has 0 saturated carbocycles. The number of rotatable bonds is 6. The molecule has 1 aromatic heterocycles. The lowest BCUT2D eigenvalue weighted by atomic mass is 9.94. The summed E-state index contributed by atoms with van der Waals surface area (Å²) < 4.78 is 39.8. The molecule has 2 unspecified atom stereocenters. The van der Waals surface area contributed by atoms with Crippen LogP contribution in [0.25, 0.3) is 22.5 Å². The third-order valence-corrected chi connectivity index (χ3v) is 5.60. The van der Waals surface area contributed by atoms with Gasteiger partial charge in [-0.15, -0.1) is 0 Å². The van der Waals surface area contributed by atoms with Crippen molar-refractivity contribution in [1.82, 2.24) is 15.5 Å². The highest BCUT2D eigenvalue weighted by atomic mass is 35.5. The fourth-order valence-corrected chi connectivity index (χ4v) is 3.86. The van der Waals surface area contributed by atoms with Gasteiger partial charge in [0, 0.05) is 17.5 Å². The number of amides is 2. The van der Waals surface area contributed by atoms with E-state index in [-0.39, 0.29) is 40.0 Å². The van der Waals surface area contributed by atoms with Crippen molar-refractivity contribution in [3.63, 3.8) is 0 Å². The minimum atomic E-state index is -0.991. The molecule has 11 heteroatoms. The van der Waals surface area contributed by atoms with Crippen LogP contribution < -0.4 is 11.1 Å². The lowest BCUT2D eigenvalue weighted by Crippen LogP contribution is -2.55. The average Bonchev–Trinajstić information content (AvgIpc) is 3.11. The predicted octanol–water partition coefficient (Wildman–Crippen LogP) is 3.32. The number of halogens is 3. The second kappa shape index (κ2) is 8.87. The zero-order chi connectivity index (χ0) is 23.9. The topological polar surface area (TPSA) is 120 Å². The van der Waals surface area contributed by atoms with E-state index in [1.165, 1.54) is 18.2 Å². The Morgan fingerprint density at radius 1 is 1.24 bits per heavy atom. The van der Waals surface area contributed by atoms with Gasteiger partial charge in [0.25, 0.3) is 0 Å². The maximum absolute atomic E-state index is 15.1. The van der Waals surface area contributed by atoms with E-state index in [4.69, 9.17) is 26.6 Å². The third kappa shape index (κ3) is 4.44. The minimum absolute atomic E-state index is 0.00788. The van der Waals surface area contributed by atoms with Crippen molar-refractivity contribution in [2.45, 2.75) is 26.0 Å². The molecule has 0 spiro atoms. The number of aryl methyl sites for hydroxylation is 1. The predicted molar refractivity (Wildman–Crippen MR) is 114 cm³/mol. The van der Waals surface area contributed by atoms with Crippen molar-refractivity contribution in [3.8, 4) is 22.5 Å². The van der Waals surface area contributed by atoms with E-state index in [1.807, 2.05) is 0 Å². The molecule has 1 saturated heterocycles. The van der Waals surface area contributed by atoms with E-state index in [2.05, 4.69) is 15.5 Å². The summed E-state index contributed by atoms with van der Waals surface area (Å²) in [5.41, 5.74) is 6.01. The van der Waals surface area contributed by atoms with E-state index >= 15 is 4.39 Å². The molecule has 2 heterocycles.